The Morgan fingerprint density at radius 1 is 1.67 bits per heavy atom. The molecule has 4 heteroatoms. The average molecular weight is 211 g/mol. The van der Waals surface area contributed by atoms with Crippen molar-refractivity contribution in [1.29, 1.82) is 0 Å². The van der Waals surface area contributed by atoms with E-state index in [9.17, 15) is 4.39 Å². The lowest BCUT2D eigenvalue weighted by Gasteiger charge is -2.07. The van der Waals surface area contributed by atoms with Crippen molar-refractivity contribution in [2.24, 2.45) is 7.05 Å². The molecule has 2 N–H and O–H groups in total. The third-order valence-electron chi connectivity index (χ3n) is 3.37. The lowest BCUT2D eigenvalue weighted by molar-refractivity contribution is 0.426. The zero-order chi connectivity index (χ0) is 11.2. The van der Waals surface area contributed by atoms with Crippen molar-refractivity contribution in [3.8, 4) is 0 Å². The highest BCUT2D eigenvalue weighted by Crippen LogP contribution is 2.51. The van der Waals surface area contributed by atoms with Crippen molar-refractivity contribution in [3.05, 3.63) is 11.3 Å². The van der Waals surface area contributed by atoms with Gasteiger partial charge < -0.3 is 5.73 Å². The molecule has 2 rings (SSSR count). The highest BCUT2D eigenvalue weighted by molar-refractivity contribution is 5.48. The van der Waals surface area contributed by atoms with Crippen molar-refractivity contribution < 1.29 is 4.39 Å². The Labute approximate surface area is 89.5 Å². The normalized spacial score (nSPS) is 29.5. The number of nitrogen functional groups attached to an aromatic ring is 1. The fraction of sp³-hybridized carbons (Fsp3) is 0.727. The zero-order valence-corrected chi connectivity index (χ0v) is 9.55. The van der Waals surface area contributed by atoms with Crippen LogP contribution in [0.15, 0.2) is 0 Å². The Morgan fingerprint density at radius 2 is 2.27 bits per heavy atom. The van der Waals surface area contributed by atoms with E-state index in [0.29, 0.717) is 12.2 Å². The third-order valence-corrected chi connectivity index (χ3v) is 3.37. The van der Waals surface area contributed by atoms with Crippen LogP contribution in [0.2, 0.25) is 0 Å². The predicted molar refractivity (Wildman–Crippen MR) is 58.5 cm³/mol. The summed E-state index contributed by atoms with van der Waals surface area (Å²) in [5.41, 5.74) is 7.48. The van der Waals surface area contributed by atoms with Gasteiger partial charge in [0.05, 0.1) is 5.69 Å². The first-order valence-electron chi connectivity index (χ1n) is 5.46. The van der Waals surface area contributed by atoms with Gasteiger partial charge in [-0.3, -0.25) is 4.68 Å². The molecule has 1 heterocycles. The highest BCUT2D eigenvalue weighted by atomic mass is 19.1. The van der Waals surface area contributed by atoms with Gasteiger partial charge in [0.15, 0.2) is 0 Å². The molecule has 0 spiro atoms. The van der Waals surface area contributed by atoms with Gasteiger partial charge in [-0.15, -0.1) is 0 Å². The number of aryl methyl sites for hydroxylation is 1. The van der Waals surface area contributed by atoms with Gasteiger partial charge in [0, 0.05) is 18.0 Å². The maximum Gasteiger partial charge on any atom is 0.124 e. The van der Waals surface area contributed by atoms with E-state index in [-0.39, 0.29) is 5.41 Å². The number of nitrogens with two attached hydrogens (primary N) is 1. The van der Waals surface area contributed by atoms with Gasteiger partial charge in [-0.1, -0.05) is 20.3 Å². The molecule has 1 fully saturated rings. The van der Waals surface area contributed by atoms with Crippen LogP contribution in [0, 0.1) is 0 Å². The van der Waals surface area contributed by atoms with E-state index in [4.69, 9.17) is 5.73 Å². The second-order valence-corrected chi connectivity index (χ2v) is 4.68. The van der Waals surface area contributed by atoms with Crippen LogP contribution in [0.4, 0.5) is 10.2 Å². The van der Waals surface area contributed by atoms with E-state index < -0.39 is 6.17 Å². The Balaban J connectivity index is 2.43. The van der Waals surface area contributed by atoms with Crippen LogP contribution < -0.4 is 5.73 Å². The van der Waals surface area contributed by atoms with Gasteiger partial charge >= 0.3 is 0 Å². The molecular formula is C11H18FN3. The summed E-state index contributed by atoms with van der Waals surface area (Å²) in [7, 11) is 1.82. The number of halogens is 1. The molecule has 84 valence electrons. The van der Waals surface area contributed by atoms with Crippen LogP contribution in [0.3, 0.4) is 0 Å². The summed E-state index contributed by atoms with van der Waals surface area (Å²) in [6.45, 7) is 4.02. The Kier molecular flexibility index (Phi) is 2.24. The molecule has 15 heavy (non-hydrogen) atoms. The molecule has 0 aliphatic heterocycles. The Morgan fingerprint density at radius 3 is 2.73 bits per heavy atom. The van der Waals surface area contributed by atoms with Gasteiger partial charge in [0.1, 0.15) is 12.0 Å². The summed E-state index contributed by atoms with van der Waals surface area (Å²) in [5.74, 6) is 0.687. The van der Waals surface area contributed by atoms with Crippen LogP contribution in [0.1, 0.15) is 37.9 Å². The number of hydrogen-bond acceptors (Lipinski definition) is 2. The van der Waals surface area contributed by atoms with Crippen molar-refractivity contribution in [2.75, 3.05) is 5.73 Å². The minimum Gasteiger partial charge on any atom is -0.384 e. The molecule has 1 aliphatic rings. The van der Waals surface area contributed by atoms with Gasteiger partial charge in [-0.25, -0.2) is 4.39 Å². The number of nitrogens with zero attached hydrogens (tertiary/aromatic N) is 2. The average Bonchev–Trinajstić information content (AvgIpc) is 2.69. The zero-order valence-electron chi connectivity index (χ0n) is 9.55. The molecule has 0 amide bonds. The van der Waals surface area contributed by atoms with Crippen LogP contribution in [-0.2, 0) is 18.9 Å². The molecule has 1 aromatic rings. The molecule has 2 atom stereocenters. The van der Waals surface area contributed by atoms with E-state index >= 15 is 0 Å². The minimum atomic E-state index is -0.748. The summed E-state index contributed by atoms with van der Waals surface area (Å²) in [6, 6.07) is 0. The maximum atomic E-state index is 13.3. The topological polar surface area (TPSA) is 43.8 Å². The number of rotatable bonds is 3. The van der Waals surface area contributed by atoms with Gasteiger partial charge in [-0.05, 0) is 12.8 Å². The lowest BCUT2D eigenvalue weighted by atomic mass is 9.98. The minimum absolute atomic E-state index is 0.375. The lowest BCUT2D eigenvalue weighted by Crippen LogP contribution is -2.09. The molecule has 1 saturated carbocycles. The first-order chi connectivity index (χ1) is 7.00. The summed E-state index contributed by atoms with van der Waals surface area (Å²) < 4.78 is 15.0. The number of alkyl halides is 1. The Bertz CT molecular complexity index is 385. The van der Waals surface area contributed by atoms with Gasteiger partial charge in [0.25, 0.3) is 0 Å². The highest BCUT2D eigenvalue weighted by Gasteiger charge is 2.55. The first kappa shape index (κ1) is 10.5. The van der Waals surface area contributed by atoms with Crippen molar-refractivity contribution in [2.45, 2.75) is 44.7 Å². The number of hydrogen-bond donors (Lipinski definition) is 1. The molecule has 0 saturated heterocycles. The van der Waals surface area contributed by atoms with E-state index in [1.165, 1.54) is 0 Å². The quantitative estimate of drug-likeness (QED) is 0.830. The van der Waals surface area contributed by atoms with Crippen molar-refractivity contribution in [3.63, 3.8) is 0 Å². The number of anilines is 1. The number of aromatic nitrogens is 2. The molecular weight excluding hydrogens is 193 g/mol. The second-order valence-electron chi connectivity index (χ2n) is 4.68. The molecule has 3 nitrogen and oxygen atoms in total. The first-order valence-corrected chi connectivity index (χ1v) is 5.46. The maximum absolute atomic E-state index is 13.3. The fourth-order valence-corrected chi connectivity index (χ4v) is 2.09. The molecule has 1 aromatic heterocycles. The van der Waals surface area contributed by atoms with Crippen molar-refractivity contribution in [1.82, 2.24) is 9.78 Å². The van der Waals surface area contributed by atoms with Crippen LogP contribution >= 0.6 is 0 Å². The largest absolute Gasteiger partial charge is 0.384 e. The fourth-order valence-electron chi connectivity index (χ4n) is 2.09. The Hall–Kier alpha value is -1.06. The van der Waals surface area contributed by atoms with E-state index in [1.54, 1.807) is 4.68 Å². The molecule has 0 radical (unpaired) electrons. The van der Waals surface area contributed by atoms with Gasteiger partial charge in [0.2, 0.25) is 0 Å². The molecule has 1 aliphatic carbocycles. The summed E-state index contributed by atoms with van der Waals surface area (Å²) >= 11 is 0. The van der Waals surface area contributed by atoms with E-state index in [1.807, 2.05) is 14.0 Å². The smallest absolute Gasteiger partial charge is 0.124 e. The van der Waals surface area contributed by atoms with E-state index in [2.05, 4.69) is 12.0 Å². The van der Waals surface area contributed by atoms with Crippen molar-refractivity contribution >= 4 is 5.82 Å². The van der Waals surface area contributed by atoms with Crippen LogP contribution in [-0.4, -0.2) is 16.0 Å². The van der Waals surface area contributed by atoms with Crippen LogP contribution in [0.25, 0.3) is 0 Å². The molecule has 0 aromatic carbocycles. The van der Waals surface area contributed by atoms with Gasteiger partial charge in [-0.2, -0.15) is 5.10 Å². The molecule has 0 bridgehead atoms. The summed E-state index contributed by atoms with van der Waals surface area (Å²) in [4.78, 5) is 0. The standard InChI is InChI=1S/C11H18FN3/c1-4-5-7-9(11(2)6-8(11)12)14-15(3)10(7)13/h8H,4-6,13H2,1-3H3. The summed E-state index contributed by atoms with van der Waals surface area (Å²) in [6.07, 6.45) is 1.73. The van der Waals surface area contributed by atoms with Crippen LogP contribution in [0.5, 0.6) is 0 Å². The summed E-state index contributed by atoms with van der Waals surface area (Å²) in [5, 5.41) is 4.36. The third kappa shape index (κ3) is 1.43. The monoisotopic (exact) mass is 211 g/mol. The predicted octanol–water partition coefficient (Wildman–Crippen LogP) is 1.95. The molecule has 2 unspecified atom stereocenters. The SMILES string of the molecule is CCCc1c(C2(C)CC2F)nn(C)c1N. The van der Waals surface area contributed by atoms with E-state index in [0.717, 1.165) is 24.1 Å². The second kappa shape index (κ2) is 3.22.